The maximum atomic E-state index is 12.8. The van der Waals surface area contributed by atoms with Crippen LogP contribution in [0.1, 0.15) is 44.5 Å². The van der Waals surface area contributed by atoms with Crippen molar-refractivity contribution in [2.45, 2.75) is 26.3 Å². The van der Waals surface area contributed by atoms with Gasteiger partial charge < -0.3 is 10.3 Å². The molecule has 0 aliphatic heterocycles. The number of nitrogens with zero attached hydrogens (tertiary/aromatic N) is 1. The molecule has 0 saturated heterocycles. The van der Waals surface area contributed by atoms with Crippen molar-refractivity contribution in [3.63, 3.8) is 0 Å². The predicted octanol–water partition coefficient (Wildman–Crippen LogP) is 4.44. The normalized spacial score (nSPS) is 12.2. The molecule has 4 rings (SSSR count). The highest BCUT2D eigenvalue weighted by Crippen LogP contribution is 2.28. The van der Waals surface area contributed by atoms with E-state index in [1.54, 1.807) is 18.3 Å². The minimum absolute atomic E-state index is 0.0861. The van der Waals surface area contributed by atoms with E-state index in [2.05, 4.69) is 15.3 Å². The molecule has 0 spiro atoms. The van der Waals surface area contributed by atoms with Crippen molar-refractivity contribution in [2.75, 3.05) is 0 Å². The van der Waals surface area contributed by atoms with E-state index in [0.29, 0.717) is 32.9 Å². The number of rotatable bonds is 5. The molecular weight excluding hydrogens is 390 g/mol. The quantitative estimate of drug-likeness (QED) is 0.512. The van der Waals surface area contributed by atoms with Gasteiger partial charge in [-0.1, -0.05) is 36.4 Å². The summed E-state index contributed by atoms with van der Waals surface area (Å²) in [5.41, 5.74) is 1.55. The van der Waals surface area contributed by atoms with E-state index in [-0.39, 0.29) is 17.5 Å². The molecule has 1 aromatic carbocycles. The van der Waals surface area contributed by atoms with Gasteiger partial charge in [-0.15, -0.1) is 22.7 Å². The van der Waals surface area contributed by atoms with E-state index in [4.69, 9.17) is 0 Å². The summed E-state index contributed by atoms with van der Waals surface area (Å²) in [4.78, 5) is 35.1. The van der Waals surface area contributed by atoms with Crippen LogP contribution in [0, 0.1) is 6.92 Å². The van der Waals surface area contributed by atoms with Crippen molar-refractivity contribution in [2.24, 2.45) is 0 Å². The van der Waals surface area contributed by atoms with Crippen LogP contribution < -0.4 is 10.9 Å². The first kappa shape index (κ1) is 18.6. The van der Waals surface area contributed by atoms with Gasteiger partial charge in [0.15, 0.2) is 0 Å². The molecule has 1 atom stereocenters. The number of benzene rings is 1. The number of nitrogens with one attached hydrogen (secondary N) is 2. The average molecular weight is 410 g/mol. The molecule has 7 heteroatoms. The summed E-state index contributed by atoms with van der Waals surface area (Å²) >= 11 is 2.87. The summed E-state index contributed by atoms with van der Waals surface area (Å²) in [5, 5.41) is 5.50. The standard InChI is InChI=1S/C21H19N3O2S2/c1-12-17-19(25)23-16(11-14-7-4-3-5-8-14)24-21(17)28-18(12)20(26)22-13(2)15-9-6-10-27-15/h3-10,13H,11H2,1-2H3,(H,22,26)(H,23,24,25). The molecule has 1 unspecified atom stereocenters. The summed E-state index contributed by atoms with van der Waals surface area (Å²) in [6.07, 6.45) is 0.542. The lowest BCUT2D eigenvalue weighted by Gasteiger charge is -2.11. The van der Waals surface area contributed by atoms with E-state index >= 15 is 0 Å². The van der Waals surface area contributed by atoms with Crippen LogP contribution in [0.5, 0.6) is 0 Å². The van der Waals surface area contributed by atoms with Gasteiger partial charge in [0.2, 0.25) is 0 Å². The summed E-state index contributed by atoms with van der Waals surface area (Å²) in [6, 6.07) is 13.7. The van der Waals surface area contributed by atoms with E-state index in [1.165, 1.54) is 11.3 Å². The van der Waals surface area contributed by atoms with E-state index in [1.807, 2.05) is 54.8 Å². The summed E-state index contributed by atoms with van der Waals surface area (Å²) in [6.45, 7) is 3.76. The minimum Gasteiger partial charge on any atom is -0.344 e. The first-order chi connectivity index (χ1) is 13.5. The van der Waals surface area contributed by atoms with Crippen molar-refractivity contribution in [1.29, 1.82) is 0 Å². The Balaban J connectivity index is 1.65. The monoisotopic (exact) mass is 409 g/mol. The van der Waals surface area contributed by atoms with Crippen LogP contribution in [-0.2, 0) is 6.42 Å². The molecule has 5 nitrogen and oxygen atoms in total. The third-order valence-corrected chi connectivity index (χ3v) is 6.83. The number of aryl methyl sites for hydroxylation is 1. The van der Waals surface area contributed by atoms with E-state index in [9.17, 15) is 9.59 Å². The molecule has 0 aliphatic carbocycles. The Labute approximate surface area is 170 Å². The smallest absolute Gasteiger partial charge is 0.262 e. The Morgan fingerprint density at radius 3 is 2.71 bits per heavy atom. The lowest BCUT2D eigenvalue weighted by molar-refractivity contribution is 0.0944. The lowest BCUT2D eigenvalue weighted by Crippen LogP contribution is -2.25. The summed E-state index contributed by atoms with van der Waals surface area (Å²) < 4.78 is 0. The van der Waals surface area contributed by atoms with Gasteiger partial charge >= 0.3 is 0 Å². The molecule has 2 N–H and O–H groups in total. The Hall–Kier alpha value is -2.77. The first-order valence-electron chi connectivity index (χ1n) is 8.93. The molecule has 3 heterocycles. The van der Waals surface area contributed by atoms with E-state index in [0.717, 1.165) is 10.4 Å². The second kappa shape index (κ2) is 7.69. The third kappa shape index (κ3) is 3.63. The fraction of sp³-hybridized carbons (Fsp3) is 0.190. The molecule has 0 aliphatic rings. The number of carbonyl (C=O) groups is 1. The van der Waals surface area contributed by atoms with Gasteiger partial charge in [-0.3, -0.25) is 9.59 Å². The Kier molecular flexibility index (Phi) is 5.11. The third-order valence-electron chi connectivity index (χ3n) is 4.59. The van der Waals surface area contributed by atoms with Crippen LogP contribution >= 0.6 is 22.7 Å². The number of aromatic amines is 1. The minimum atomic E-state index is -0.199. The predicted molar refractivity (Wildman–Crippen MR) is 114 cm³/mol. The van der Waals surface area contributed by atoms with Crippen LogP contribution in [0.3, 0.4) is 0 Å². The van der Waals surface area contributed by atoms with Gasteiger partial charge in [0.05, 0.1) is 16.3 Å². The Bertz CT molecular complexity index is 1180. The van der Waals surface area contributed by atoms with Crippen molar-refractivity contribution >= 4 is 38.8 Å². The number of amides is 1. The van der Waals surface area contributed by atoms with Crippen molar-refractivity contribution in [1.82, 2.24) is 15.3 Å². The highest BCUT2D eigenvalue weighted by molar-refractivity contribution is 7.20. The Morgan fingerprint density at radius 2 is 2.00 bits per heavy atom. The van der Waals surface area contributed by atoms with E-state index < -0.39 is 0 Å². The van der Waals surface area contributed by atoms with Crippen LogP contribution in [0.2, 0.25) is 0 Å². The largest absolute Gasteiger partial charge is 0.344 e. The molecule has 0 radical (unpaired) electrons. The van der Waals surface area contributed by atoms with Gasteiger partial charge in [0.1, 0.15) is 10.7 Å². The second-order valence-electron chi connectivity index (χ2n) is 6.62. The van der Waals surface area contributed by atoms with Crippen molar-refractivity contribution < 1.29 is 4.79 Å². The molecule has 0 saturated carbocycles. The fourth-order valence-electron chi connectivity index (χ4n) is 3.15. The molecule has 0 bridgehead atoms. The van der Waals surface area contributed by atoms with Crippen LogP contribution in [0.15, 0.2) is 52.6 Å². The molecule has 142 valence electrons. The zero-order chi connectivity index (χ0) is 19.7. The molecular formula is C21H19N3O2S2. The van der Waals surface area contributed by atoms with Crippen molar-refractivity contribution in [3.05, 3.63) is 84.9 Å². The maximum absolute atomic E-state index is 12.8. The average Bonchev–Trinajstić information content (AvgIpc) is 3.31. The first-order valence-corrected chi connectivity index (χ1v) is 10.6. The van der Waals surface area contributed by atoms with Crippen LogP contribution in [0.4, 0.5) is 0 Å². The summed E-state index contributed by atoms with van der Waals surface area (Å²) in [5.74, 6) is 0.425. The number of thiophene rings is 2. The van der Waals surface area contributed by atoms with Crippen LogP contribution in [0.25, 0.3) is 10.2 Å². The molecule has 1 amide bonds. The van der Waals surface area contributed by atoms with Gasteiger partial charge in [0, 0.05) is 11.3 Å². The number of hydrogen-bond donors (Lipinski definition) is 2. The number of H-pyrrole nitrogens is 1. The molecule has 3 aromatic heterocycles. The Morgan fingerprint density at radius 1 is 1.21 bits per heavy atom. The fourth-order valence-corrected chi connectivity index (χ4v) is 4.99. The molecule has 28 heavy (non-hydrogen) atoms. The van der Waals surface area contributed by atoms with Gasteiger partial charge in [-0.05, 0) is 36.4 Å². The molecule has 4 aromatic rings. The van der Waals surface area contributed by atoms with Gasteiger partial charge in [-0.2, -0.15) is 0 Å². The maximum Gasteiger partial charge on any atom is 0.262 e. The van der Waals surface area contributed by atoms with Crippen LogP contribution in [-0.4, -0.2) is 15.9 Å². The second-order valence-corrected chi connectivity index (χ2v) is 8.60. The zero-order valence-electron chi connectivity index (χ0n) is 15.5. The van der Waals surface area contributed by atoms with Crippen molar-refractivity contribution in [3.8, 4) is 0 Å². The highest BCUT2D eigenvalue weighted by atomic mass is 32.1. The summed E-state index contributed by atoms with van der Waals surface area (Å²) in [7, 11) is 0. The van der Waals surface area contributed by atoms with Gasteiger partial charge in [0.25, 0.3) is 11.5 Å². The highest BCUT2D eigenvalue weighted by Gasteiger charge is 2.21. The SMILES string of the molecule is Cc1c(C(=O)NC(C)c2cccs2)sc2nc(Cc3ccccc3)[nH]c(=O)c12. The van der Waals surface area contributed by atoms with Gasteiger partial charge in [-0.25, -0.2) is 4.98 Å². The topological polar surface area (TPSA) is 74.8 Å². The molecule has 0 fully saturated rings. The number of fused-ring (bicyclic) bond motifs is 1. The number of carbonyl (C=O) groups excluding carboxylic acids is 1. The lowest BCUT2D eigenvalue weighted by atomic mass is 10.1. The zero-order valence-corrected chi connectivity index (χ0v) is 17.1. The number of aromatic nitrogens is 2. The number of hydrogen-bond acceptors (Lipinski definition) is 5.